The molecule has 0 aliphatic carbocycles. The molecule has 1 atom stereocenters. The van der Waals surface area contributed by atoms with Gasteiger partial charge < -0.3 is 20.5 Å². The number of nitrogens with zero attached hydrogens (tertiary/aromatic N) is 1. The molecule has 4 rings (SSSR count). The van der Waals surface area contributed by atoms with Gasteiger partial charge in [0.1, 0.15) is 16.5 Å². The van der Waals surface area contributed by atoms with Crippen LogP contribution in [0.2, 0.25) is 5.15 Å². The molecule has 174 valence electrons. The van der Waals surface area contributed by atoms with Crippen LogP contribution < -0.4 is 16.1 Å². The Hall–Kier alpha value is -3.64. The molecule has 0 saturated heterocycles. The third-order valence-electron chi connectivity index (χ3n) is 6.02. The van der Waals surface area contributed by atoms with Gasteiger partial charge in [0.2, 0.25) is 0 Å². The van der Waals surface area contributed by atoms with Crippen LogP contribution in [0.25, 0.3) is 22.3 Å². The Morgan fingerprint density at radius 3 is 2.50 bits per heavy atom. The van der Waals surface area contributed by atoms with Gasteiger partial charge in [-0.3, -0.25) is 4.79 Å². The number of nitrogens with one attached hydrogen (secondary N) is 3. The van der Waals surface area contributed by atoms with E-state index in [1.54, 1.807) is 13.0 Å². The van der Waals surface area contributed by atoms with Crippen molar-refractivity contribution in [1.82, 2.24) is 4.98 Å². The highest BCUT2D eigenvalue weighted by Crippen LogP contribution is 2.33. The Labute approximate surface area is 203 Å². The van der Waals surface area contributed by atoms with Gasteiger partial charge in [-0.05, 0) is 69.7 Å². The molecular formula is C27H27ClN4O2. The molecule has 7 heteroatoms. The Kier molecular flexibility index (Phi) is 6.44. The summed E-state index contributed by atoms with van der Waals surface area (Å²) >= 11 is 6.01. The molecule has 0 aliphatic heterocycles. The highest BCUT2D eigenvalue weighted by Gasteiger charge is 2.20. The monoisotopic (exact) mass is 474 g/mol. The van der Waals surface area contributed by atoms with E-state index in [4.69, 9.17) is 21.4 Å². The zero-order valence-electron chi connectivity index (χ0n) is 19.8. The predicted octanol–water partition coefficient (Wildman–Crippen LogP) is 6.65. The number of anilines is 2. The topological polar surface area (TPSA) is 91.0 Å². The van der Waals surface area contributed by atoms with Gasteiger partial charge >= 0.3 is 0 Å². The highest BCUT2D eigenvalue weighted by molar-refractivity contribution is 6.29. The van der Waals surface area contributed by atoms with Gasteiger partial charge in [0, 0.05) is 41.2 Å². The number of benzene rings is 2. The molecule has 0 bridgehead atoms. The summed E-state index contributed by atoms with van der Waals surface area (Å²) in [5, 5.41) is 15.3. The molecule has 0 spiro atoms. The Balaban J connectivity index is 1.89. The first kappa shape index (κ1) is 23.5. The Morgan fingerprint density at radius 2 is 1.82 bits per heavy atom. The first-order valence-corrected chi connectivity index (χ1v) is 11.4. The average Bonchev–Trinajstić information content (AvgIpc) is 2.82. The van der Waals surface area contributed by atoms with Gasteiger partial charge in [0.15, 0.2) is 5.43 Å². The normalized spacial score (nSPS) is 11.9. The van der Waals surface area contributed by atoms with E-state index >= 15 is 0 Å². The smallest absolute Gasteiger partial charge is 0.196 e. The summed E-state index contributed by atoms with van der Waals surface area (Å²) in [7, 11) is 1.81. The van der Waals surface area contributed by atoms with Gasteiger partial charge in [-0.2, -0.15) is 0 Å². The molecule has 2 aromatic heterocycles. The van der Waals surface area contributed by atoms with Crippen LogP contribution in [0.1, 0.15) is 40.9 Å². The van der Waals surface area contributed by atoms with E-state index in [1.165, 1.54) is 6.21 Å². The minimum atomic E-state index is -0.161. The predicted molar refractivity (Wildman–Crippen MR) is 141 cm³/mol. The molecule has 4 aromatic rings. The second-order valence-electron chi connectivity index (χ2n) is 8.45. The highest BCUT2D eigenvalue weighted by atomic mass is 35.5. The molecule has 6 nitrogen and oxygen atoms in total. The van der Waals surface area contributed by atoms with E-state index in [9.17, 15) is 4.79 Å². The van der Waals surface area contributed by atoms with Crippen LogP contribution in [0.5, 0.6) is 0 Å². The van der Waals surface area contributed by atoms with Crippen LogP contribution in [0.15, 0.2) is 51.7 Å². The Bertz CT molecular complexity index is 1480. The molecule has 2 aromatic carbocycles. The molecular weight excluding hydrogens is 448 g/mol. The van der Waals surface area contributed by atoms with Gasteiger partial charge in [-0.1, -0.05) is 17.7 Å². The number of hydrogen-bond donors (Lipinski definition) is 3. The van der Waals surface area contributed by atoms with Gasteiger partial charge in [-0.25, -0.2) is 4.98 Å². The molecule has 3 N–H and O–H groups in total. The zero-order valence-corrected chi connectivity index (χ0v) is 20.6. The maximum atomic E-state index is 13.4. The number of halogens is 1. The van der Waals surface area contributed by atoms with Crippen molar-refractivity contribution in [3.05, 3.63) is 85.8 Å². The lowest BCUT2D eigenvalue weighted by atomic mass is 9.98. The van der Waals surface area contributed by atoms with E-state index < -0.39 is 0 Å². The Morgan fingerprint density at radius 1 is 1.09 bits per heavy atom. The van der Waals surface area contributed by atoms with Crippen molar-refractivity contribution in [2.24, 2.45) is 0 Å². The molecule has 34 heavy (non-hydrogen) atoms. The number of rotatable bonds is 6. The summed E-state index contributed by atoms with van der Waals surface area (Å²) in [5.74, 6) is 0.505. The number of aryl methyl sites for hydroxylation is 2. The second kappa shape index (κ2) is 9.31. The lowest BCUT2D eigenvalue weighted by molar-refractivity contribution is 0.605. The van der Waals surface area contributed by atoms with Crippen LogP contribution >= 0.6 is 11.6 Å². The fourth-order valence-corrected chi connectivity index (χ4v) is 4.40. The largest absolute Gasteiger partial charge is 0.455 e. The molecule has 1 unspecified atom stereocenters. The lowest BCUT2D eigenvalue weighted by Gasteiger charge is -2.20. The van der Waals surface area contributed by atoms with Gasteiger partial charge in [0.25, 0.3) is 0 Å². The van der Waals surface area contributed by atoms with E-state index in [2.05, 4.69) is 15.6 Å². The van der Waals surface area contributed by atoms with Crippen molar-refractivity contribution in [3.8, 4) is 11.3 Å². The lowest BCUT2D eigenvalue weighted by Crippen LogP contribution is -2.13. The summed E-state index contributed by atoms with van der Waals surface area (Å²) in [6.07, 6.45) is 1.28. The van der Waals surface area contributed by atoms with Crippen molar-refractivity contribution in [1.29, 1.82) is 5.41 Å². The quantitative estimate of drug-likeness (QED) is 0.215. The third-order valence-corrected chi connectivity index (χ3v) is 6.23. The molecule has 0 fully saturated rings. The minimum absolute atomic E-state index is 0.0631. The van der Waals surface area contributed by atoms with Gasteiger partial charge in [-0.15, -0.1) is 0 Å². The van der Waals surface area contributed by atoms with Crippen LogP contribution in [0.4, 0.5) is 11.4 Å². The van der Waals surface area contributed by atoms with Crippen LogP contribution in [0, 0.1) is 26.2 Å². The van der Waals surface area contributed by atoms with Crippen molar-refractivity contribution < 1.29 is 4.42 Å². The molecule has 0 radical (unpaired) electrons. The molecule has 0 aliphatic rings. The molecule has 0 saturated carbocycles. The van der Waals surface area contributed by atoms with Crippen molar-refractivity contribution in [2.45, 2.75) is 33.7 Å². The van der Waals surface area contributed by atoms with Crippen molar-refractivity contribution >= 4 is 40.2 Å². The van der Waals surface area contributed by atoms with Crippen molar-refractivity contribution in [2.75, 3.05) is 17.7 Å². The van der Waals surface area contributed by atoms with Crippen LogP contribution in [-0.2, 0) is 0 Å². The standard InChI is InChI=1S/C27H27ClN4O2/c1-14-10-20(16(3)31-22-8-9-24(28)32-17(22)4)27-21(11-14)25(33)15(2)26(34-27)18-6-7-23(30-5)19(12-18)13-29/h6-13,16,29-31H,1-5H3. The van der Waals surface area contributed by atoms with Crippen LogP contribution in [-0.4, -0.2) is 18.2 Å². The fourth-order valence-electron chi connectivity index (χ4n) is 4.21. The van der Waals surface area contributed by atoms with E-state index in [-0.39, 0.29) is 11.5 Å². The first-order chi connectivity index (χ1) is 16.2. The summed E-state index contributed by atoms with van der Waals surface area (Å²) in [5.41, 5.74) is 6.82. The number of hydrogen-bond acceptors (Lipinski definition) is 6. The summed E-state index contributed by atoms with van der Waals surface area (Å²) in [6.45, 7) is 7.67. The first-order valence-electron chi connectivity index (χ1n) is 11.0. The minimum Gasteiger partial charge on any atom is -0.455 e. The van der Waals surface area contributed by atoms with Crippen molar-refractivity contribution in [3.63, 3.8) is 0 Å². The maximum Gasteiger partial charge on any atom is 0.196 e. The summed E-state index contributed by atoms with van der Waals surface area (Å²) in [6, 6.07) is 13.0. The second-order valence-corrected chi connectivity index (χ2v) is 8.83. The number of aromatic nitrogens is 1. The fraction of sp³-hybridized carbons (Fsp3) is 0.222. The van der Waals surface area contributed by atoms with E-state index in [1.807, 2.05) is 64.2 Å². The number of fused-ring (bicyclic) bond motifs is 1. The summed E-state index contributed by atoms with van der Waals surface area (Å²) < 4.78 is 6.45. The maximum absolute atomic E-state index is 13.4. The molecule has 0 amide bonds. The average molecular weight is 475 g/mol. The zero-order chi connectivity index (χ0) is 24.6. The molecule has 2 heterocycles. The SMILES string of the molecule is CNc1ccc(-c2oc3c(C(C)Nc4ccc(Cl)nc4C)cc(C)cc3c(=O)c2C)cc1C=N. The third kappa shape index (κ3) is 4.29. The van der Waals surface area contributed by atoms with E-state index in [0.717, 1.165) is 33.8 Å². The van der Waals surface area contributed by atoms with E-state index in [0.29, 0.717) is 33.0 Å². The van der Waals surface area contributed by atoms with Gasteiger partial charge in [0.05, 0.1) is 22.8 Å². The van der Waals surface area contributed by atoms with Crippen LogP contribution in [0.3, 0.4) is 0 Å². The number of pyridine rings is 1. The summed E-state index contributed by atoms with van der Waals surface area (Å²) in [4.78, 5) is 17.7.